The number of nitrogens with one attached hydrogen (secondary N) is 1. The summed E-state index contributed by atoms with van der Waals surface area (Å²) in [6.07, 6.45) is 3.02. The lowest BCUT2D eigenvalue weighted by atomic mass is 10.1. The topological polar surface area (TPSA) is 72.2 Å². The van der Waals surface area contributed by atoms with Crippen molar-refractivity contribution < 1.29 is 13.6 Å². The van der Waals surface area contributed by atoms with Crippen LogP contribution >= 0.6 is 0 Å². The summed E-state index contributed by atoms with van der Waals surface area (Å²) in [4.78, 5) is 27.4. The molecular weight excluding hydrogens is 287 g/mol. The van der Waals surface area contributed by atoms with E-state index in [2.05, 4.69) is 10.3 Å². The first-order chi connectivity index (χ1) is 10.6. The van der Waals surface area contributed by atoms with Crippen LogP contribution in [0.4, 0.5) is 4.39 Å². The molecule has 3 rings (SSSR count). The number of fused-ring (bicyclic) bond motifs is 1. The van der Waals surface area contributed by atoms with E-state index in [0.717, 1.165) is 6.07 Å². The zero-order valence-corrected chi connectivity index (χ0v) is 11.4. The van der Waals surface area contributed by atoms with Crippen LogP contribution in [0.2, 0.25) is 0 Å². The molecule has 6 heteroatoms. The van der Waals surface area contributed by atoms with Crippen LogP contribution in [-0.4, -0.2) is 10.9 Å². The van der Waals surface area contributed by atoms with Crippen LogP contribution in [0.5, 0.6) is 0 Å². The van der Waals surface area contributed by atoms with Gasteiger partial charge in [0, 0.05) is 36.5 Å². The van der Waals surface area contributed by atoms with Crippen molar-refractivity contribution in [2.45, 2.75) is 6.54 Å². The van der Waals surface area contributed by atoms with Gasteiger partial charge in [-0.3, -0.25) is 9.78 Å². The van der Waals surface area contributed by atoms with Gasteiger partial charge in [0.25, 0.3) is 5.91 Å². The van der Waals surface area contributed by atoms with Crippen molar-refractivity contribution >= 4 is 16.9 Å². The highest BCUT2D eigenvalue weighted by Gasteiger charge is 2.09. The Morgan fingerprint density at radius 2 is 2.14 bits per heavy atom. The van der Waals surface area contributed by atoms with Crippen LogP contribution in [0.25, 0.3) is 11.0 Å². The molecule has 2 aromatic heterocycles. The van der Waals surface area contributed by atoms with E-state index in [4.69, 9.17) is 4.42 Å². The fraction of sp³-hybridized carbons (Fsp3) is 0.0625. The van der Waals surface area contributed by atoms with Gasteiger partial charge in [0.05, 0.1) is 5.56 Å². The summed E-state index contributed by atoms with van der Waals surface area (Å²) < 4.78 is 18.2. The summed E-state index contributed by atoms with van der Waals surface area (Å²) in [5.74, 6) is -0.802. The first kappa shape index (κ1) is 13.9. The number of hydrogen-bond donors (Lipinski definition) is 1. The minimum absolute atomic E-state index is 0.126. The maximum Gasteiger partial charge on any atom is 0.336 e. The summed E-state index contributed by atoms with van der Waals surface area (Å²) in [7, 11) is 0. The molecule has 22 heavy (non-hydrogen) atoms. The predicted octanol–water partition coefficient (Wildman–Crippen LogP) is 2.26. The van der Waals surface area contributed by atoms with Crippen molar-refractivity contribution in [3.63, 3.8) is 0 Å². The molecule has 2 heterocycles. The maximum absolute atomic E-state index is 13.2. The highest BCUT2D eigenvalue weighted by molar-refractivity contribution is 5.94. The largest absolute Gasteiger partial charge is 0.423 e. The van der Waals surface area contributed by atoms with Gasteiger partial charge >= 0.3 is 5.63 Å². The summed E-state index contributed by atoms with van der Waals surface area (Å²) >= 11 is 0. The Balaban J connectivity index is 1.88. The molecule has 0 spiro atoms. The number of carbonyl (C=O) groups excluding carboxylic acids is 1. The Morgan fingerprint density at radius 1 is 1.27 bits per heavy atom. The van der Waals surface area contributed by atoms with E-state index in [-0.39, 0.29) is 18.0 Å². The average molecular weight is 298 g/mol. The number of hydrogen-bond acceptors (Lipinski definition) is 4. The molecule has 0 saturated heterocycles. The molecule has 110 valence electrons. The molecule has 0 bridgehead atoms. The van der Waals surface area contributed by atoms with Gasteiger partial charge in [-0.2, -0.15) is 0 Å². The van der Waals surface area contributed by atoms with E-state index >= 15 is 0 Å². The second-order valence-corrected chi connectivity index (χ2v) is 4.66. The average Bonchev–Trinajstić information content (AvgIpc) is 2.52. The van der Waals surface area contributed by atoms with Gasteiger partial charge < -0.3 is 9.73 Å². The number of halogens is 1. The smallest absolute Gasteiger partial charge is 0.336 e. The quantitative estimate of drug-likeness (QED) is 0.753. The SMILES string of the molecule is O=C(NCc1cc(=O)oc2cc(F)ccc12)c1cccnc1. The lowest BCUT2D eigenvalue weighted by Gasteiger charge is -2.07. The molecule has 0 aliphatic carbocycles. The van der Waals surface area contributed by atoms with Gasteiger partial charge in [-0.25, -0.2) is 9.18 Å². The first-order valence-corrected chi connectivity index (χ1v) is 6.54. The molecule has 0 radical (unpaired) electrons. The zero-order valence-electron chi connectivity index (χ0n) is 11.4. The van der Waals surface area contributed by atoms with Crippen molar-refractivity contribution in [2.75, 3.05) is 0 Å². The molecule has 1 N–H and O–H groups in total. The number of amides is 1. The van der Waals surface area contributed by atoms with Crippen LogP contribution in [0.15, 0.2) is 58.0 Å². The van der Waals surface area contributed by atoms with E-state index in [1.54, 1.807) is 18.3 Å². The van der Waals surface area contributed by atoms with Crippen LogP contribution in [0, 0.1) is 5.82 Å². The second-order valence-electron chi connectivity index (χ2n) is 4.66. The van der Waals surface area contributed by atoms with E-state index in [9.17, 15) is 14.0 Å². The minimum Gasteiger partial charge on any atom is -0.423 e. The van der Waals surface area contributed by atoms with Crippen molar-refractivity contribution in [2.24, 2.45) is 0 Å². The molecule has 1 amide bonds. The number of carbonyl (C=O) groups is 1. The fourth-order valence-electron chi connectivity index (χ4n) is 2.12. The van der Waals surface area contributed by atoms with E-state index in [1.165, 1.54) is 24.4 Å². The van der Waals surface area contributed by atoms with E-state index < -0.39 is 11.4 Å². The zero-order chi connectivity index (χ0) is 15.5. The Labute approximate surface area is 124 Å². The standard InChI is InChI=1S/C16H11FN2O3/c17-12-3-4-13-11(6-15(20)22-14(13)7-12)9-19-16(21)10-2-1-5-18-8-10/h1-8H,9H2,(H,19,21). The Hall–Kier alpha value is -3.02. The van der Waals surface area contributed by atoms with Crippen LogP contribution < -0.4 is 10.9 Å². The molecule has 0 aliphatic rings. The molecule has 0 fully saturated rings. The van der Waals surface area contributed by atoms with Crippen LogP contribution in [0.1, 0.15) is 15.9 Å². The van der Waals surface area contributed by atoms with E-state index in [1.807, 2.05) is 0 Å². The first-order valence-electron chi connectivity index (χ1n) is 6.54. The maximum atomic E-state index is 13.2. The number of aromatic nitrogens is 1. The summed E-state index contributed by atoms with van der Waals surface area (Å²) in [6, 6.07) is 8.50. The Morgan fingerprint density at radius 3 is 2.91 bits per heavy atom. The molecule has 0 aliphatic heterocycles. The number of benzene rings is 1. The molecule has 5 nitrogen and oxygen atoms in total. The summed E-state index contributed by atoms with van der Waals surface area (Å²) in [5.41, 5.74) is 0.533. The third kappa shape index (κ3) is 2.85. The van der Waals surface area contributed by atoms with Crippen molar-refractivity contribution in [3.8, 4) is 0 Å². The molecule has 0 atom stereocenters. The molecule has 0 saturated carbocycles. The molecule has 1 aromatic carbocycles. The van der Waals surface area contributed by atoms with Crippen molar-refractivity contribution in [1.82, 2.24) is 10.3 Å². The van der Waals surface area contributed by atoms with E-state index in [0.29, 0.717) is 16.5 Å². The third-order valence-electron chi connectivity index (χ3n) is 3.16. The lowest BCUT2D eigenvalue weighted by molar-refractivity contribution is 0.0950. The Kier molecular flexibility index (Phi) is 3.65. The van der Waals surface area contributed by atoms with Crippen molar-refractivity contribution in [3.05, 3.63) is 76.2 Å². The molecule has 3 aromatic rings. The van der Waals surface area contributed by atoms with Crippen LogP contribution in [0.3, 0.4) is 0 Å². The number of nitrogens with zero attached hydrogens (tertiary/aromatic N) is 1. The molecular formula is C16H11FN2O3. The fourth-order valence-corrected chi connectivity index (χ4v) is 2.12. The van der Waals surface area contributed by atoms with Crippen molar-refractivity contribution in [1.29, 1.82) is 0 Å². The predicted molar refractivity (Wildman–Crippen MR) is 77.8 cm³/mol. The molecule has 0 unspecified atom stereocenters. The normalized spacial score (nSPS) is 10.6. The highest BCUT2D eigenvalue weighted by Crippen LogP contribution is 2.18. The van der Waals surface area contributed by atoms with Gasteiger partial charge in [-0.05, 0) is 29.8 Å². The third-order valence-corrected chi connectivity index (χ3v) is 3.16. The minimum atomic E-state index is -0.594. The lowest BCUT2D eigenvalue weighted by Crippen LogP contribution is -2.23. The van der Waals surface area contributed by atoms with Gasteiger partial charge in [0.15, 0.2) is 0 Å². The monoisotopic (exact) mass is 298 g/mol. The number of pyridine rings is 1. The summed E-state index contributed by atoms with van der Waals surface area (Å²) in [5, 5.41) is 3.27. The number of rotatable bonds is 3. The second kappa shape index (κ2) is 5.77. The van der Waals surface area contributed by atoms with Gasteiger partial charge in [-0.1, -0.05) is 0 Å². The van der Waals surface area contributed by atoms with Crippen LogP contribution in [-0.2, 0) is 6.54 Å². The summed E-state index contributed by atoms with van der Waals surface area (Å²) in [6.45, 7) is 0.126. The van der Waals surface area contributed by atoms with Gasteiger partial charge in [0.1, 0.15) is 11.4 Å². The highest BCUT2D eigenvalue weighted by atomic mass is 19.1. The van der Waals surface area contributed by atoms with Gasteiger partial charge in [-0.15, -0.1) is 0 Å². The Bertz CT molecular complexity index is 891. The van der Waals surface area contributed by atoms with Gasteiger partial charge in [0.2, 0.25) is 0 Å².